The Morgan fingerprint density at radius 2 is 2.29 bits per heavy atom. The highest BCUT2D eigenvalue weighted by Gasteiger charge is 2.16. The van der Waals surface area contributed by atoms with Crippen LogP contribution in [0.5, 0.6) is 0 Å². The van der Waals surface area contributed by atoms with E-state index >= 15 is 0 Å². The van der Waals surface area contributed by atoms with Gasteiger partial charge in [-0.25, -0.2) is 0 Å². The standard InChI is InChI=1S/C10H16N4O2S/c1-13-8-11-12-10(13)17-7-2-9(15)14-3-5-16-6-4-14/h8H,2-7H2,1H3. The van der Waals surface area contributed by atoms with Crippen molar-refractivity contribution in [3.05, 3.63) is 6.33 Å². The van der Waals surface area contributed by atoms with Crippen molar-refractivity contribution in [2.75, 3.05) is 32.1 Å². The molecule has 6 nitrogen and oxygen atoms in total. The Hall–Kier alpha value is -1.08. The van der Waals surface area contributed by atoms with Gasteiger partial charge in [0.25, 0.3) is 0 Å². The molecule has 0 aliphatic carbocycles. The minimum atomic E-state index is 0.197. The van der Waals surface area contributed by atoms with Gasteiger partial charge >= 0.3 is 0 Å². The van der Waals surface area contributed by atoms with Crippen LogP contribution in [-0.2, 0) is 16.6 Å². The molecule has 1 aliphatic heterocycles. The van der Waals surface area contributed by atoms with Gasteiger partial charge < -0.3 is 14.2 Å². The van der Waals surface area contributed by atoms with Crippen LogP contribution in [0, 0.1) is 0 Å². The normalized spacial score (nSPS) is 16.2. The molecule has 7 heteroatoms. The molecule has 1 aromatic heterocycles. The average molecular weight is 256 g/mol. The van der Waals surface area contributed by atoms with E-state index in [2.05, 4.69) is 10.2 Å². The predicted molar refractivity (Wildman–Crippen MR) is 63.7 cm³/mol. The molecule has 17 heavy (non-hydrogen) atoms. The SMILES string of the molecule is Cn1cnnc1SCCC(=O)N1CCOCC1. The minimum absolute atomic E-state index is 0.197. The maximum atomic E-state index is 11.8. The summed E-state index contributed by atoms with van der Waals surface area (Å²) < 4.78 is 7.06. The van der Waals surface area contributed by atoms with Crippen molar-refractivity contribution in [2.24, 2.45) is 7.05 Å². The number of nitrogens with zero attached hydrogens (tertiary/aromatic N) is 4. The molecule has 1 amide bonds. The molecular weight excluding hydrogens is 240 g/mol. The van der Waals surface area contributed by atoms with Gasteiger partial charge in [0, 0.05) is 32.3 Å². The van der Waals surface area contributed by atoms with Crippen LogP contribution in [-0.4, -0.2) is 57.6 Å². The summed E-state index contributed by atoms with van der Waals surface area (Å²) in [7, 11) is 1.89. The number of hydrogen-bond acceptors (Lipinski definition) is 5. The van der Waals surface area contributed by atoms with Crippen LogP contribution in [0.15, 0.2) is 11.5 Å². The summed E-state index contributed by atoms with van der Waals surface area (Å²) in [5, 5.41) is 8.59. The maximum absolute atomic E-state index is 11.8. The van der Waals surface area contributed by atoms with Crippen molar-refractivity contribution in [1.29, 1.82) is 0 Å². The third-order valence-electron chi connectivity index (χ3n) is 2.58. The van der Waals surface area contributed by atoms with E-state index in [-0.39, 0.29) is 5.91 Å². The smallest absolute Gasteiger partial charge is 0.223 e. The lowest BCUT2D eigenvalue weighted by Crippen LogP contribution is -2.40. The van der Waals surface area contributed by atoms with Gasteiger partial charge in [0.2, 0.25) is 5.91 Å². The van der Waals surface area contributed by atoms with Crippen LogP contribution in [0.4, 0.5) is 0 Å². The van der Waals surface area contributed by atoms with Crippen molar-refractivity contribution in [1.82, 2.24) is 19.7 Å². The molecule has 0 saturated carbocycles. The highest BCUT2D eigenvalue weighted by Crippen LogP contribution is 2.15. The summed E-state index contributed by atoms with van der Waals surface area (Å²) in [4.78, 5) is 13.7. The van der Waals surface area contributed by atoms with Crippen LogP contribution in [0.1, 0.15) is 6.42 Å². The van der Waals surface area contributed by atoms with Crippen molar-refractivity contribution >= 4 is 17.7 Å². The molecule has 1 saturated heterocycles. The largest absolute Gasteiger partial charge is 0.378 e. The Morgan fingerprint density at radius 3 is 2.94 bits per heavy atom. The first-order valence-corrected chi connectivity index (χ1v) is 6.58. The van der Waals surface area contributed by atoms with Gasteiger partial charge in [-0.1, -0.05) is 11.8 Å². The van der Waals surface area contributed by atoms with E-state index in [1.807, 2.05) is 16.5 Å². The molecule has 0 bridgehead atoms. The summed E-state index contributed by atoms with van der Waals surface area (Å²) in [5.74, 6) is 0.936. The van der Waals surface area contributed by atoms with Crippen LogP contribution in [0.3, 0.4) is 0 Å². The highest BCUT2D eigenvalue weighted by molar-refractivity contribution is 7.99. The highest BCUT2D eigenvalue weighted by atomic mass is 32.2. The second-order valence-electron chi connectivity index (χ2n) is 3.82. The second-order valence-corrected chi connectivity index (χ2v) is 4.88. The molecule has 0 spiro atoms. The molecule has 1 aromatic rings. The van der Waals surface area contributed by atoms with E-state index in [0.717, 1.165) is 10.9 Å². The summed E-state index contributed by atoms with van der Waals surface area (Å²) in [6.07, 6.45) is 2.20. The molecule has 2 rings (SSSR count). The molecular formula is C10H16N4O2S. The first-order valence-electron chi connectivity index (χ1n) is 5.59. The van der Waals surface area contributed by atoms with Gasteiger partial charge in [-0.2, -0.15) is 0 Å². The Kier molecular flexibility index (Phi) is 4.38. The Bertz CT molecular complexity index is 376. The van der Waals surface area contributed by atoms with E-state index in [1.165, 1.54) is 0 Å². The molecule has 0 atom stereocenters. The number of thioether (sulfide) groups is 1. The van der Waals surface area contributed by atoms with Crippen molar-refractivity contribution in [3.8, 4) is 0 Å². The quantitative estimate of drug-likeness (QED) is 0.718. The maximum Gasteiger partial charge on any atom is 0.223 e. The van der Waals surface area contributed by atoms with Crippen molar-refractivity contribution in [2.45, 2.75) is 11.6 Å². The van der Waals surface area contributed by atoms with E-state index in [4.69, 9.17) is 4.74 Å². The van der Waals surface area contributed by atoms with Gasteiger partial charge in [0.1, 0.15) is 6.33 Å². The molecule has 0 unspecified atom stereocenters. The van der Waals surface area contributed by atoms with Gasteiger partial charge in [-0.05, 0) is 0 Å². The summed E-state index contributed by atoms with van der Waals surface area (Å²) in [6.45, 7) is 2.74. The number of aromatic nitrogens is 3. The van der Waals surface area contributed by atoms with E-state index < -0.39 is 0 Å². The fraction of sp³-hybridized carbons (Fsp3) is 0.700. The minimum Gasteiger partial charge on any atom is -0.378 e. The fourth-order valence-corrected chi connectivity index (χ4v) is 2.42. The first kappa shape index (κ1) is 12.4. The Labute approximate surface area is 104 Å². The molecule has 0 N–H and O–H groups in total. The van der Waals surface area contributed by atoms with E-state index in [0.29, 0.717) is 32.7 Å². The Morgan fingerprint density at radius 1 is 1.53 bits per heavy atom. The summed E-state index contributed by atoms with van der Waals surface area (Å²) in [5.41, 5.74) is 0. The number of hydrogen-bond donors (Lipinski definition) is 0. The van der Waals surface area contributed by atoms with E-state index in [1.54, 1.807) is 18.1 Å². The number of morpholine rings is 1. The molecule has 0 radical (unpaired) electrons. The van der Waals surface area contributed by atoms with Crippen LogP contribution in [0.25, 0.3) is 0 Å². The van der Waals surface area contributed by atoms with Gasteiger partial charge in [-0.15, -0.1) is 10.2 Å². The lowest BCUT2D eigenvalue weighted by molar-refractivity contribution is -0.134. The van der Waals surface area contributed by atoms with Crippen LogP contribution < -0.4 is 0 Å². The molecule has 94 valence electrons. The molecule has 1 fully saturated rings. The van der Waals surface area contributed by atoms with Gasteiger partial charge in [-0.3, -0.25) is 4.79 Å². The van der Waals surface area contributed by atoms with Gasteiger partial charge in [0.05, 0.1) is 13.2 Å². The van der Waals surface area contributed by atoms with E-state index in [9.17, 15) is 4.79 Å². The monoisotopic (exact) mass is 256 g/mol. The third-order valence-corrected chi connectivity index (χ3v) is 3.62. The topological polar surface area (TPSA) is 60.2 Å². The van der Waals surface area contributed by atoms with Crippen LogP contribution in [0.2, 0.25) is 0 Å². The number of amides is 1. The number of ether oxygens (including phenoxy) is 1. The zero-order valence-corrected chi connectivity index (χ0v) is 10.7. The lowest BCUT2D eigenvalue weighted by atomic mass is 10.3. The number of carbonyl (C=O) groups is 1. The van der Waals surface area contributed by atoms with Gasteiger partial charge in [0.15, 0.2) is 5.16 Å². The summed E-state index contributed by atoms with van der Waals surface area (Å²) >= 11 is 1.56. The third kappa shape index (κ3) is 3.44. The second kappa shape index (κ2) is 6.02. The number of rotatable bonds is 4. The number of carbonyl (C=O) groups excluding carboxylic acids is 1. The summed E-state index contributed by atoms with van der Waals surface area (Å²) in [6, 6.07) is 0. The molecule has 1 aliphatic rings. The van der Waals surface area contributed by atoms with Crippen molar-refractivity contribution < 1.29 is 9.53 Å². The predicted octanol–water partition coefficient (Wildman–Crippen LogP) is 0.156. The van der Waals surface area contributed by atoms with Crippen LogP contribution >= 0.6 is 11.8 Å². The first-order chi connectivity index (χ1) is 8.27. The number of aryl methyl sites for hydroxylation is 1. The molecule has 0 aromatic carbocycles. The Balaban J connectivity index is 1.71. The van der Waals surface area contributed by atoms with Crippen molar-refractivity contribution in [3.63, 3.8) is 0 Å². The zero-order valence-electron chi connectivity index (χ0n) is 9.83. The lowest BCUT2D eigenvalue weighted by Gasteiger charge is -2.26. The molecule has 2 heterocycles. The fourth-order valence-electron chi connectivity index (χ4n) is 1.60. The average Bonchev–Trinajstić information content (AvgIpc) is 2.76. The zero-order chi connectivity index (χ0) is 12.1.